The minimum absolute atomic E-state index is 0.0587. The minimum Gasteiger partial charge on any atom is -0.497 e. The predicted molar refractivity (Wildman–Crippen MR) is 156 cm³/mol. The number of hydrogen-bond acceptors (Lipinski definition) is 6. The van der Waals surface area contributed by atoms with Crippen LogP contribution >= 0.6 is 0 Å². The van der Waals surface area contributed by atoms with Crippen LogP contribution in [0.25, 0.3) is 10.9 Å². The molecule has 1 N–H and O–H groups in total. The molecular formula is C33H37F4N3O3. The molecule has 0 aliphatic carbocycles. The van der Waals surface area contributed by atoms with Gasteiger partial charge in [-0.25, -0.2) is 17.6 Å². The van der Waals surface area contributed by atoms with Gasteiger partial charge in [0.1, 0.15) is 29.4 Å². The summed E-state index contributed by atoms with van der Waals surface area (Å²) in [5, 5.41) is 11.1. The van der Waals surface area contributed by atoms with Crippen molar-refractivity contribution in [3.63, 3.8) is 0 Å². The molecule has 1 atom stereocenters. The lowest BCUT2D eigenvalue weighted by Crippen LogP contribution is -2.42. The Kier molecular flexibility index (Phi) is 10.2. The van der Waals surface area contributed by atoms with Gasteiger partial charge in [-0.15, -0.1) is 0 Å². The fourth-order valence-electron chi connectivity index (χ4n) is 6.01. The number of aliphatic hydroxyl groups is 1. The third kappa shape index (κ3) is 7.47. The predicted octanol–water partition coefficient (Wildman–Crippen LogP) is 5.41. The van der Waals surface area contributed by atoms with E-state index < -0.39 is 34.6 Å². The number of aromatic nitrogens is 1. The molecule has 2 aliphatic heterocycles. The van der Waals surface area contributed by atoms with E-state index in [1.54, 1.807) is 13.3 Å². The van der Waals surface area contributed by atoms with E-state index >= 15 is 4.39 Å². The SMILES string of the molecule is COc1ccc2ncc(CN3CCOCC3)c([C@H](F)CCC3(CO)CCN(CC#Cc4c(F)cc(F)cc4F)CC3)c2c1. The Morgan fingerprint density at radius 3 is 2.44 bits per heavy atom. The molecule has 0 unspecified atom stereocenters. The van der Waals surface area contributed by atoms with Gasteiger partial charge in [0.25, 0.3) is 0 Å². The molecule has 5 rings (SSSR count). The van der Waals surface area contributed by atoms with Crippen molar-refractivity contribution < 1.29 is 32.1 Å². The molecule has 43 heavy (non-hydrogen) atoms. The summed E-state index contributed by atoms with van der Waals surface area (Å²) >= 11 is 0. The smallest absolute Gasteiger partial charge is 0.144 e. The summed E-state index contributed by atoms with van der Waals surface area (Å²) in [7, 11) is 1.58. The molecule has 2 saturated heterocycles. The summed E-state index contributed by atoms with van der Waals surface area (Å²) in [6.07, 6.45) is 2.54. The highest BCUT2D eigenvalue weighted by molar-refractivity contribution is 5.85. The molecule has 2 fully saturated rings. The number of alkyl halides is 1. The zero-order valence-corrected chi connectivity index (χ0v) is 24.4. The summed E-state index contributed by atoms with van der Waals surface area (Å²) < 4.78 is 68.2. The van der Waals surface area contributed by atoms with Crippen LogP contribution in [0, 0.1) is 34.7 Å². The molecule has 2 aromatic carbocycles. The molecule has 3 aromatic rings. The molecule has 0 radical (unpaired) electrons. The van der Waals surface area contributed by atoms with Crippen LogP contribution in [0.15, 0.2) is 36.5 Å². The number of piperidine rings is 1. The van der Waals surface area contributed by atoms with Crippen LogP contribution in [-0.4, -0.2) is 79.5 Å². The van der Waals surface area contributed by atoms with Crippen LogP contribution in [0.5, 0.6) is 5.75 Å². The van der Waals surface area contributed by atoms with Gasteiger partial charge >= 0.3 is 0 Å². The van der Waals surface area contributed by atoms with Gasteiger partial charge in [-0.3, -0.25) is 14.8 Å². The highest BCUT2D eigenvalue weighted by atomic mass is 19.1. The number of aliphatic hydroxyl groups excluding tert-OH is 1. The third-order valence-corrected chi connectivity index (χ3v) is 8.71. The summed E-state index contributed by atoms with van der Waals surface area (Å²) in [4.78, 5) is 8.90. The largest absolute Gasteiger partial charge is 0.497 e. The summed E-state index contributed by atoms with van der Waals surface area (Å²) in [5.41, 5.74) is 1.28. The van der Waals surface area contributed by atoms with Crippen molar-refractivity contribution in [3.05, 3.63) is 70.7 Å². The van der Waals surface area contributed by atoms with E-state index in [2.05, 4.69) is 21.7 Å². The first kappa shape index (κ1) is 31.2. The topological polar surface area (TPSA) is 58.1 Å². The number of fused-ring (bicyclic) bond motifs is 1. The number of rotatable bonds is 9. The second-order valence-electron chi connectivity index (χ2n) is 11.5. The summed E-state index contributed by atoms with van der Waals surface area (Å²) in [6, 6.07) is 6.73. The zero-order chi connectivity index (χ0) is 30.4. The van der Waals surface area contributed by atoms with E-state index in [1.807, 2.05) is 23.1 Å². The zero-order valence-electron chi connectivity index (χ0n) is 24.4. The standard InChI is InChI=1S/C33H37F4N3O3/c1-42-25-4-5-31-27(19-25)32(23(20-38-31)21-40-13-15-43-16-14-40)28(35)6-7-33(22-41)8-11-39(12-9-33)10-2-3-26-29(36)17-24(34)18-30(26)37/h4-5,17-20,28,41H,6-16,21-22H2,1H3/t28-/m1/s1. The average Bonchev–Trinajstić information content (AvgIpc) is 3.02. The number of benzene rings is 2. The van der Waals surface area contributed by atoms with Crippen molar-refractivity contribution in [1.29, 1.82) is 0 Å². The highest BCUT2D eigenvalue weighted by Crippen LogP contribution is 2.41. The van der Waals surface area contributed by atoms with Crippen molar-refractivity contribution in [1.82, 2.24) is 14.8 Å². The normalized spacial score (nSPS) is 18.3. The maximum atomic E-state index is 16.4. The molecule has 0 saturated carbocycles. The molecule has 1 aromatic heterocycles. The van der Waals surface area contributed by atoms with Gasteiger partial charge in [0.2, 0.25) is 0 Å². The number of pyridine rings is 1. The lowest BCUT2D eigenvalue weighted by Gasteiger charge is -2.40. The first-order valence-electron chi connectivity index (χ1n) is 14.7. The number of halogens is 4. The molecule has 10 heteroatoms. The lowest BCUT2D eigenvalue weighted by atomic mass is 9.74. The molecule has 0 amide bonds. The maximum absolute atomic E-state index is 16.4. The van der Waals surface area contributed by atoms with Gasteiger partial charge < -0.3 is 14.6 Å². The van der Waals surface area contributed by atoms with Crippen LogP contribution in [0.2, 0.25) is 0 Å². The highest BCUT2D eigenvalue weighted by Gasteiger charge is 2.35. The number of hydrogen-bond donors (Lipinski definition) is 1. The average molecular weight is 600 g/mol. The Balaban J connectivity index is 1.26. The molecule has 6 nitrogen and oxygen atoms in total. The third-order valence-electron chi connectivity index (χ3n) is 8.71. The van der Waals surface area contributed by atoms with E-state index in [1.165, 1.54) is 0 Å². The quantitative estimate of drug-likeness (QED) is 0.262. The van der Waals surface area contributed by atoms with Gasteiger partial charge in [-0.2, -0.15) is 0 Å². The van der Waals surface area contributed by atoms with Crippen LogP contribution in [-0.2, 0) is 11.3 Å². The van der Waals surface area contributed by atoms with Crippen molar-refractivity contribution in [3.8, 4) is 17.6 Å². The van der Waals surface area contributed by atoms with Crippen molar-refractivity contribution in [2.45, 2.75) is 38.4 Å². The lowest BCUT2D eigenvalue weighted by molar-refractivity contribution is 0.0323. The Labute approximate surface area is 249 Å². The number of nitrogens with zero attached hydrogens (tertiary/aromatic N) is 3. The van der Waals surface area contributed by atoms with Crippen molar-refractivity contribution in [2.75, 3.05) is 59.7 Å². The first-order chi connectivity index (χ1) is 20.8. The monoisotopic (exact) mass is 599 g/mol. The fraction of sp³-hybridized carbons (Fsp3) is 0.485. The summed E-state index contributed by atoms with van der Waals surface area (Å²) in [5.74, 6) is 2.84. The van der Waals surface area contributed by atoms with Crippen LogP contribution in [0.1, 0.15) is 48.5 Å². The number of ether oxygens (including phenoxy) is 2. The van der Waals surface area contributed by atoms with Crippen LogP contribution < -0.4 is 4.74 Å². The van der Waals surface area contributed by atoms with Gasteiger partial charge in [0, 0.05) is 55.5 Å². The molecule has 3 heterocycles. The Morgan fingerprint density at radius 1 is 1.05 bits per heavy atom. The second-order valence-corrected chi connectivity index (χ2v) is 11.5. The first-order valence-corrected chi connectivity index (χ1v) is 14.7. The van der Waals surface area contributed by atoms with E-state index in [9.17, 15) is 18.3 Å². The van der Waals surface area contributed by atoms with Gasteiger partial charge in [-0.1, -0.05) is 11.8 Å². The van der Waals surface area contributed by atoms with Gasteiger partial charge in [-0.05, 0) is 68.0 Å². The summed E-state index contributed by atoms with van der Waals surface area (Å²) in [6.45, 7) is 4.85. The van der Waals surface area contributed by atoms with E-state index in [0.717, 1.165) is 24.0 Å². The molecule has 230 valence electrons. The van der Waals surface area contributed by atoms with E-state index in [4.69, 9.17) is 9.47 Å². The Hall–Kier alpha value is -3.23. The Morgan fingerprint density at radius 2 is 1.77 bits per heavy atom. The minimum atomic E-state index is -1.26. The number of methoxy groups -OCH3 is 1. The van der Waals surface area contributed by atoms with Gasteiger partial charge in [0.05, 0.1) is 37.9 Å². The van der Waals surface area contributed by atoms with Crippen molar-refractivity contribution in [2.24, 2.45) is 5.41 Å². The van der Waals surface area contributed by atoms with E-state index in [0.29, 0.717) is 81.1 Å². The molecule has 0 spiro atoms. The maximum Gasteiger partial charge on any atom is 0.144 e. The van der Waals surface area contributed by atoms with Crippen LogP contribution in [0.4, 0.5) is 17.6 Å². The fourth-order valence-corrected chi connectivity index (χ4v) is 6.01. The molecular weight excluding hydrogens is 562 g/mol. The molecule has 2 aliphatic rings. The second kappa shape index (κ2) is 14.0. The van der Waals surface area contributed by atoms with Crippen LogP contribution in [0.3, 0.4) is 0 Å². The van der Waals surface area contributed by atoms with E-state index in [-0.39, 0.29) is 19.6 Å². The number of morpholine rings is 1. The molecule has 0 bridgehead atoms. The Bertz CT molecular complexity index is 1450. The van der Waals surface area contributed by atoms with Gasteiger partial charge in [0.15, 0.2) is 0 Å². The number of likely N-dealkylation sites (tertiary alicyclic amines) is 1. The van der Waals surface area contributed by atoms with Crippen molar-refractivity contribution >= 4 is 10.9 Å².